The van der Waals surface area contributed by atoms with Crippen molar-refractivity contribution in [2.24, 2.45) is 0 Å². The molecule has 0 aliphatic heterocycles. The van der Waals surface area contributed by atoms with Gasteiger partial charge in [-0.1, -0.05) is 56.5 Å². The van der Waals surface area contributed by atoms with Crippen molar-refractivity contribution in [2.75, 3.05) is 0 Å². The Hall–Kier alpha value is -0.820. The van der Waals surface area contributed by atoms with Gasteiger partial charge >= 0.3 is 0 Å². The summed E-state index contributed by atoms with van der Waals surface area (Å²) in [7, 11) is 0. The highest BCUT2D eigenvalue weighted by Crippen LogP contribution is 2.06. The van der Waals surface area contributed by atoms with Crippen LogP contribution in [-0.4, -0.2) is 0 Å². The molecule has 0 saturated heterocycles. The van der Waals surface area contributed by atoms with Crippen molar-refractivity contribution in [1.29, 1.82) is 0 Å². The Labute approximate surface area is 81.8 Å². The molecule has 0 heterocycles. The highest BCUT2D eigenvalue weighted by molar-refractivity contribution is 5.14. The maximum atomic E-state index is 2.25. The van der Waals surface area contributed by atoms with Gasteiger partial charge < -0.3 is 6.15 Å². The normalized spacial score (nSPS) is 9.31. The molecule has 0 bridgehead atoms. The third-order valence-corrected chi connectivity index (χ3v) is 2.16. The molecular formula is C12H21N. The van der Waals surface area contributed by atoms with Crippen LogP contribution in [0.2, 0.25) is 0 Å². The highest BCUT2D eigenvalue weighted by atomic mass is 14.0. The first-order chi connectivity index (χ1) is 5.93. The van der Waals surface area contributed by atoms with Crippen LogP contribution < -0.4 is 6.15 Å². The van der Waals surface area contributed by atoms with E-state index in [0.29, 0.717) is 0 Å². The van der Waals surface area contributed by atoms with Gasteiger partial charge in [0, 0.05) is 0 Å². The Morgan fingerprint density at radius 2 is 1.62 bits per heavy atom. The molecule has 1 aromatic carbocycles. The third kappa shape index (κ3) is 5.42. The van der Waals surface area contributed by atoms with E-state index in [1.807, 2.05) is 0 Å². The summed E-state index contributed by atoms with van der Waals surface area (Å²) in [4.78, 5) is 0. The van der Waals surface area contributed by atoms with E-state index in [9.17, 15) is 0 Å². The van der Waals surface area contributed by atoms with Crippen LogP contribution in [0.5, 0.6) is 0 Å². The molecule has 0 radical (unpaired) electrons. The van der Waals surface area contributed by atoms with Crippen molar-refractivity contribution in [1.82, 2.24) is 6.15 Å². The zero-order valence-electron chi connectivity index (χ0n) is 8.63. The third-order valence-electron chi connectivity index (χ3n) is 2.16. The molecule has 0 unspecified atom stereocenters. The number of benzene rings is 1. The lowest BCUT2D eigenvalue weighted by atomic mass is 10.1. The van der Waals surface area contributed by atoms with Crippen molar-refractivity contribution < 1.29 is 0 Å². The number of aryl methyl sites for hydroxylation is 1. The summed E-state index contributed by atoms with van der Waals surface area (Å²) < 4.78 is 0. The smallest absolute Gasteiger partial charge is 0.0279 e. The fourth-order valence-electron chi connectivity index (χ4n) is 1.40. The summed E-state index contributed by atoms with van der Waals surface area (Å²) in [6, 6.07) is 10.7. The molecule has 13 heavy (non-hydrogen) atoms. The number of unbranched alkanes of at least 4 members (excludes halogenated alkanes) is 3. The molecule has 0 aliphatic carbocycles. The Balaban J connectivity index is 0.00000144. The van der Waals surface area contributed by atoms with Crippen molar-refractivity contribution in [3.63, 3.8) is 0 Å². The summed E-state index contributed by atoms with van der Waals surface area (Å²) in [6.07, 6.45) is 6.69. The van der Waals surface area contributed by atoms with Gasteiger partial charge in [-0.3, -0.25) is 0 Å². The summed E-state index contributed by atoms with van der Waals surface area (Å²) in [5.41, 5.74) is 1.48. The van der Waals surface area contributed by atoms with Crippen LogP contribution in [0.4, 0.5) is 0 Å². The first kappa shape index (κ1) is 12.2. The van der Waals surface area contributed by atoms with Crippen LogP contribution in [-0.2, 0) is 6.42 Å². The van der Waals surface area contributed by atoms with E-state index in [-0.39, 0.29) is 6.15 Å². The molecule has 1 nitrogen and oxygen atoms in total. The molecule has 1 aromatic rings. The van der Waals surface area contributed by atoms with E-state index in [4.69, 9.17) is 0 Å². The standard InChI is InChI=1S/C12H18.H3N/c1-2-3-4-6-9-12-10-7-5-8-11-12;/h5,7-8,10-11H,2-4,6,9H2,1H3;1H3. The van der Waals surface area contributed by atoms with Gasteiger partial charge in [0.1, 0.15) is 0 Å². The van der Waals surface area contributed by atoms with E-state index < -0.39 is 0 Å². The highest BCUT2D eigenvalue weighted by Gasteiger charge is 1.90. The summed E-state index contributed by atoms with van der Waals surface area (Å²) in [5.74, 6) is 0. The number of hydrogen-bond donors (Lipinski definition) is 1. The lowest BCUT2D eigenvalue weighted by Crippen LogP contribution is -1.84. The fraction of sp³-hybridized carbons (Fsp3) is 0.500. The predicted octanol–water partition coefficient (Wildman–Crippen LogP) is 3.97. The van der Waals surface area contributed by atoms with Gasteiger partial charge in [0.15, 0.2) is 0 Å². The van der Waals surface area contributed by atoms with Gasteiger partial charge in [-0.05, 0) is 18.4 Å². The zero-order chi connectivity index (χ0) is 8.65. The fourth-order valence-corrected chi connectivity index (χ4v) is 1.40. The Bertz CT molecular complexity index is 194. The molecule has 0 fully saturated rings. The Morgan fingerprint density at radius 3 is 2.23 bits per heavy atom. The molecule has 74 valence electrons. The van der Waals surface area contributed by atoms with E-state index in [2.05, 4.69) is 37.3 Å². The molecule has 1 heteroatoms. The van der Waals surface area contributed by atoms with Crippen LogP contribution in [0.3, 0.4) is 0 Å². The summed E-state index contributed by atoms with van der Waals surface area (Å²) in [6.45, 7) is 2.25. The van der Waals surface area contributed by atoms with Gasteiger partial charge in [0.2, 0.25) is 0 Å². The molecule has 0 atom stereocenters. The minimum Gasteiger partial charge on any atom is -0.344 e. The van der Waals surface area contributed by atoms with Crippen LogP contribution in [0.1, 0.15) is 38.2 Å². The maximum Gasteiger partial charge on any atom is -0.0279 e. The van der Waals surface area contributed by atoms with Gasteiger partial charge in [-0.15, -0.1) is 0 Å². The summed E-state index contributed by atoms with van der Waals surface area (Å²) in [5, 5.41) is 0. The minimum absolute atomic E-state index is 0. The molecule has 0 spiro atoms. The van der Waals surface area contributed by atoms with Crippen LogP contribution >= 0.6 is 0 Å². The quantitative estimate of drug-likeness (QED) is 0.682. The molecule has 0 aromatic heterocycles. The lowest BCUT2D eigenvalue weighted by molar-refractivity contribution is 0.667. The van der Waals surface area contributed by atoms with E-state index in [0.717, 1.165) is 0 Å². The second-order valence-electron chi connectivity index (χ2n) is 3.30. The maximum absolute atomic E-state index is 2.25. The Kier molecular flexibility index (Phi) is 7.32. The van der Waals surface area contributed by atoms with E-state index in [1.165, 1.54) is 37.7 Å². The van der Waals surface area contributed by atoms with Gasteiger partial charge in [-0.25, -0.2) is 0 Å². The lowest BCUT2D eigenvalue weighted by Gasteiger charge is -1.99. The molecule has 0 amide bonds. The van der Waals surface area contributed by atoms with E-state index in [1.54, 1.807) is 0 Å². The second-order valence-corrected chi connectivity index (χ2v) is 3.30. The van der Waals surface area contributed by atoms with Gasteiger partial charge in [0.25, 0.3) is 0 Å². The van der Waals surface area contributed by atoms with Crippen molar-refractivity contribution in [3.8, 4) is 0 Å². The molecular weight excluding hydrogens is 158 g/mol. The van der Waals surface area contributed by atoms with Crippen LogP contribution in [0.15, 0.2) is 30.3 Å². The first-order valence-corrected chi connectivity index (χ1v) is 4.97. The molecule has 3 N–H and O–H groups in total. The topological polar surface area (TPSA) is 35.0 Å². The molecule has 0 saturated carbocycles. The zero-order valence-corrected chi connectivity index (χ0v) is 8.63. The Morgan fingerprint density at radius 1 is 0.923 bits per heavy atom. The van der Waals surface area contributed by atoms with Crippen molar-refractivity contribution in [3.05, 3.63) is 35.9 Å². The largest absolute Gasteiger partial charge is 0.344 e. The average molecular weight is 179 g/mol. The molecule has 1 rings (SSSR count). The van der Waals surface area contributed by atoms with Crippen LogP contribution in [0.25, 0.3) is 0 Å². The van der Waals surface area contributed by atoms with E-state index >= 15 is 0 Å². The monoisotopic (exact) mass is 179 g/mol. The van der Waals surface area contributed by atoms with Gasteiger partial charge in [0.05, 0.1) is 0 Å². The van der Waals surface area contributed by atoms with Gasteiger partial charge in [-0.2, -0.15) is 0 Å². The summed E-state index contributed by atoms with van der Waals surface area (Å²) >= 11 is 0. The minimum atomic E-state index is 0. The van der Waals surface area contributed by atoms with Crippen molar-refractivity contribution in [2.45, 2.75) is 39.0 Å². The number of hydrogen-bond acceptors (Lipinski definition) is 1. The first-order valence-electron chi connectivity index (χ1n) is 4.97. The van der Waals surface area contributed by atoms with Crippen LogP contribution in [0, 0.1) is 0 Å². The predicted molar refractivity (Wildman–Crippen MR) is 59.3 cm³/mol. The molecule has 0 aliphatic rings. The number of rotatable bonds is 5. The van der Waals surface area contributed by atoms with Crippen molar-refractivity contribution >= 4 is 0 Å². The SMILES string of the molecule is CCCCCCc1ccccc1.N. The average Bonchev–Trinajstić information content (AvgIpc) is 2.14. The second kappa shape index (κ2) is 7.81.